The van der Waals surface area contributed by atoms with Gasteiger partial charge in [-0.05, 0) is 58.1 Å². The average molecular weight is 359 g/mol. The van der Waals surface area contributed by atoms with Crippen LogP contribution < -0.4 is 4.74 Å². The highest BCUT2D eigenvalue weighted by molar-refractivity contribution is 6.30. The number of hydrogen-bond acceptors (Lipinski definition) is 3. The van der Waals surface area contributed by atoms with Crippen molar-refractivity contribution in [1.82, 2.24) is 0 Å². The van der Waals surface area contributed by atoms with Crippen LogP contribution >= 0.6 is 11.6 Å². The van der Waals surface area contributed by atoms with E-state index in [9.17, 15) is 9.18 Å². The number of rotatable bonds is 2. The molecule has 0 N–H and O–H groups in total. The number of carbonyl (C=O) groups excluding carboxylic acids is 1. The molecule has 2 unspecified atom stereocenters. The summed E-state index contributed by atoms with van der Waals surface area (Å²) in [5.41, 5.74) is -0.328. The number of carbonyl (C=O) groups is 1. The number of halogens is 2. The standard InChI is InChI=1S/C13H16ClFO.C6H12O2/c1-9-3-2-4-10(7-9)16-11-5-6-13(15)12(14)8-11;1-5(7)8-6(2,3)4/h5-6,8-10H,2-4,7H2,1H3;1-4H3. The number of esters is 1. The molecule has 0 amide bonds. The fourth-order valence-electron chi connectivity index (χ4n) is 2.66. The van der Waals surface area contributed by atoms with Gasteiger partial charge in [-0.1, -0.05) is 24.9 Å². The molecule has 0 spiro atoms. The van der Waals surface area contributed by atoms with E-state index in [1.54, 1.807) is 12.1 Å². The molecule has 0 radical (unpaired) electrons. The van der Waals surface area contributed by atoms with Crippen LogP contribution in [0.25, 0.3) is 0 Å². The van der Waals surface area contributed by atoms with Crippen molar-refractivity contribution in [3.05, 3.63) is 29.0 Å². The van der Waals surface area contributed by atoms with Gasteiger partial charge in [-0.25, -0.2) is 4.39 Å². The van der Waals surface area contributed by atoms with Crippen molar-refractivity contribution >= 4 is 17.6 Å². The van der Waals surface area contributed by atoms with E-state index in [0.717, 1.165) is 18.8 Å². The van der Waals surface area contributed by atoms with Crippen LogP contribution in [0.15, 0.2) is 18.2 Å². The third-order valence-electron chi connectivity index (χ3n) is 3.53. The van der Waals surface area contributed by atoms with Crippen molar-refractivity contribution in [3.63, 3.8) is 0 Å². The Labute approximate surface area is 149 Å². The Balaban J connectivity index is 0.000000307. The summed E-state index contributed by atoms with van der Waals surface area (Å²) in [6.07, 6.45) is 4.91. The van der Waals surface area contributed by atoms with Crippen LogP contribution in [-0.4, -0.2) is 17.7 Å². The third kappa shape index (κ3) is 8.53. The predicted molar refractivity (Wildman–Crippen MR) is 95.0 cm³/mol. The highest BCUT2D eigenvalue weighted by Crippen LogP contribution is 2.29. The molecule has 5 heteroatoms. The zero-order chi connectivity index (χ0) is 18.3. The first kappa shape index (κ1) is 20.8. The smallest absolute Gasteiger partial charge is 0.303 e. The SMILES string of the molecule is CC(=O)OC(C)(C)C.CC1CCCC(Oc2ccc(F)c(Cl)c2)C1. The lowest BCUT2D eigenvalue weighted by molar-refractivity contribution is -0.151. The highest BCUT2D eigenvalue weighted by Gasteiger charge is 2.20. The summed E-state index contributed by atoms with van der Waals surface area (Å²) >= 11 is 5.71. The van der Waals surface area contributed by atoms with Crippen molar-refractivity contribution in [2.75, 3.05) is 0 Å². The van der Waals surface area contributed by atoms with Gasteiger partial charge in [0.05, 0.1) is 11.1 Å². The van der Waals surface area contributed by atoms with Crippen molar-refractivity contribution in [3.8, 4) is 5.75 Å². The second kappa shape index (κ2) is 9.26. The topological polar surface area (TPSA) is 35.5 Å². The monoisotopic (exact) mass is 358 g/mol. The molecule has 2 rings (SSSR count). The van der Waals surface area contributed by atoms with Crippen LogP contribution in [0.5, 0.6) is 5.75 Å². The van der Waals surface area contributed by atoms with Gasteiger partial charge in [-0.3, -0.25) is 4.79 Å². The lowest BCUT2D eigenvalue weighted by atomic mass is 9.89. The fourth-order valence-corrected chi connectivity index (χ4v) is 2.83. The fraction of sp³-hybridized carbons (Fsp3) is 0.632. The number of benzene rings is 1. The Hall–Kier alpha value is -1.29. The Morgan fingerprint density at radius 3 is 2.42 bits per heavy atom. The van der Waals surface area contributed by atoms with Crippen LogP contribution in [0, 0.1) is 11.7 Å². The predicted octanol–water partition coefficient (Wildman–Crippen LogP) is 5.78. The van der Waals surface area contributed by atoms with Gasteiger partial charge in [0, 0.05) is 13.0 Å². The van der Waals surface area contributed by atoms with Gasteiger partial charge in [0.25, 0.3) is 0 Å². The van der Waals surface area contributed by atoms with Gasteiger partial charge in [-0.2, -0.15) is 0 Å². The van der Waals surface area contributed by atoms with Gasteiger partial charge in [0.15, 0.2) is 0 Å². The van der Waals surface area contributed by atoms with Crippen LogP contribution in [0.2, 0.25) is 5.02 Å². The Bertz CT molecular complexity index is 540. The van der Waals surface area contributed by atoms with E-state index in [1.165, 1.54) is 25.8 Å². The summed E-state index contributed by atoms with van der Waals surface area (Å²) < 4.78 is 23.6. The summed E-state index contributed by atoms with van der Waals surface area (Å²) in [7, 11) is 0. The van der Waals surface area contributed by atoms with Crippen LogP contribution in [0.3, 0.4) is 0 Å². The summed E-state index contributed by atoms with van der Waals surface area (Å²) in [6.45, 7) is 9.18. The Kier molecular flexibility index (Phi) is 8.01. The molecular formula is C19H28ClFO3. The van der Waals surface area contributed by atoms with E-state index in [0.29, 0.717) is 5.75 Å². The summed E-state index contributed by atoms with van der Waals surface area (Å²) in [4.78, 5) is 10.2. The first-order chi connectivity index (χ1) is 11.1. The van der Waals surface area contributed by atoms with Gasteiger partial charge in [0.1, 0.15) is 17.2 Å². The summed E-state index contributed by atoms with van der Waals surface area (Å²) in [5, 5.41) is 0.126. The molecular weight excluding hydrogens is 331 g/mol. The second-order valence-electron chi connectivity index (χ2n) is 7.29. The van der Waals surface area contributed by atoms with Crippen LogP contribution in [-0.2, 0) is 9.53 Å². The molecule has 1 aliphatic carbocycles. The molecule has 24 heavy (non-hydrogen) atoms. The summed E-state index contributed by atoms with van der Waals surface area (Å²) in [6, 6.07) is 4.54. The second-order valence-corrected chi connectivity index (χ2v) is 7.70. The first-order valence-corrected chi connectivity index (χ1v) is 8.76. The largest absolute Gasteiger partial charge is 0.490 e. The molecule has 0 bridgehead atoms. The molecule has 0 aromatic heterocycles. The van der Waals surface area contributed by atoms with E-state index in [2.05, 4.69) is 6.92 Å². The first-order valence-electron chi connectivity index (χ1n) is 8.38. The molecule has 1 aromatic carbocycles. The molecule has 0 heterocycles. The maximum Gasteiger partial charge on any atom is 0.303 e. The van der Waals surface area contributed by atoms with E-state index in [4.69, 9.17) is 21.1 Å². The maximum atomic E-state index is 13.0. The van der Waals surface area contributed by atoms with E-state index in [1.807, 2.05) is 20.8 Å². The van der Waals surface area contributed by atoms with Gasteiger partial charge in [-0.15, -0.1) is 0 Å². The quantitative estimate of drug-likeness (QED) is 0.628. The molecule has 1 aromatic rings. The van der Waals surface area contributed by atoms with Crippen LogP contribution in [0.4, 0.5) is 4.39 Å². The van der Waals surface area contributed by atoms with E-state index in [-0.39, 0.29) is 22.7 Å². The van der Waals surface area contributed by atoms with Crippen molar-refractivity contribution < 1.29 is 18.7 Å². The Morgan fingerprint density at radius 2 is 1.96 bits per heavy atom. The molecule has 1 fully saturated rings. The van der Waals surface area contributed by atoms with Crippen LogP contribution in [0.1, 0.15) is 60.3 Å². The maximum absolute atomic E-state index is 13.0. The lowest BCUT2D eigenvalue weighted by Crippen LogP contribution is -2.24. The molecule has 2 atom stereocenters. The van der Waals surface area contributed by atoms with Crippen molar-refractivity contribution in [2.24, 2.45) is 5.92 Å². The number of ether oxygens (including phenoxy) is 2. The minimum Gasteiger partial charge on any atom is -0.490 e. The molecule has 3 nitrogen and oxygen atoms in total. The van der Waals surface area contributed by atoms with Crippen molar-refractivity contribution in [1.29, 1.82) is 0 Å². The zero-order valence-corrected chi connectivity index (χ0v) is 16.0. The third-order valence-corrected chi connectivity index (χ3v) is 3.82. The average Bonchev–Trinajstić information content (AvgIpc) is 2.41. The van der Waals surface area contributed by atoms with Gasteiger partial charge in [0.2, 0.25) is 0 Å². The van der Waals surface area contributed by atoms with Gasteiger partial charge < -0.3 is 9.47 Å². The molecule has 136 valence electrons. The summed E-state index contributed by atoms with van der Waals surface area (Å²) in [5.74, 6) is 0.767. The molecule has 0 saturated heterocycles. The zero-order valence-electron chi connectivity index (χ0n) is 15.2. The Morgan fingerprint density at radius 1 is 1.29 bits per heavy atom. The molecule has 0 aliphatic heterocycles. The number of hydrogen-bond donors (Lipinski definition) is 0. The van der Waals surface area contributed by atoms with Gasteiger partial charge >= 0.3 is 5.97 Å². The van der Waals surface area contributed by atoms with Crippen molar-refractivity contribution in [2.45, 2.75) is 72.0 Å². The van der Waals surface area contributed by atoms with E-state index >= 15 is 0 Å². The highest BCUT2D eigenvalue weighted by atomic mass is 35.5. The van der Waals surface area contributed by atoms with E-state index < -0.39 is 5.82 Å². The molecule has 1 aliphatic rings. The lowest BCUT2D eigenvalue weighted by Gasteiger charge is -2.27. The normalized spacial score (nSPS) is 20.6. The minimum atomic E-state index is -0.397. The minimum absolute atomic E-state index is 0.126. The molecule has 1 saturated carbocycles.